The first-order valence-electron chi connectivity index (χ1n) is 9.76. The molecule has 33 heavy (non-hydrogen) atoms. The van der Waals surface area contributed by atoms with Crippen LogP contribution in [0.25, 0.3) is 0 Å². The summed E-state index contributed by atoms with van der Waals surface area (Å²) < 4.78 is 62.1. The molecule has 3 aromatic rings. The summed E-state index contributed by atoms with van der Waals surface area (Å²) in [5, 5.41) is 2.65. The van der Waals surface area contributed by atoms with E-state index in [1.165, 1.54) is 30.3 Å². The molecule has 1 unspecified atom stereocenters. The Morgan fingerprint density at radius 3 is 2.30 bits per heavy atom. The number of rotatable bonds is 10. The molecule has 0 fully saturated rings. The second-order valence-corrected chi connectivity index (χ2v) is 8.80. The molecule has 1 amide bonds. The first-order chi connectivity index (χ1) is 15.6. The number of benzene rings is 3. The maximum Gasteiger partial charge on any atom is 0.271 e. The highest BCUT2D eigenvalue weighted by molar-refractivity contribution is 7.86. The first-order valence-corrected chi connectivity index (χ1v) is 11.6. The molecule has 0 aliphatic rings. The van der Waals surface area contributed by atoms with Gasteiger partial charge in [0, 0.05) is 12.1 Å². The van der Waals surface area contributed by atoms with Crippen LogP contribution in [-0.2, 0) is 38.0 Å². The van der Waals surface area contributed by atoms with E-state index in [0.717, 1.165) is 12.3 Å². The van der Waals surface area contributed by atoms with E-state index in [2.05, 4.69) is 5.32 Å². The second-order valence-electron chi connectivity index (χ2n) is 7.23. The fourth-order valence-corrected chi connectivity index (χ4v) is 3.81. The predicted molar refractivity (Wildman–Crippen MR) is 117 cm³/mol. The third kappa shape index (κ3) is 6.35. The fourth-order valence-electron chi connectivity index (χ4n) is 3.13. The van der Waals surface area contributed by atoms with Crippen molar-refractivity contribution < 1.29 is 30.9 Å². The molecule has 174 valence electrons. The van der Waals surface area contributed by atoms with Gasteiger partial charge in [-0.25, -0.2) is 13.0 Å². The number of hydrogen-bond acceptors (Lipinski definition) is 6. The topological polar surface area (TPSA) is 108 Å². The van der Waals surface area contributed by atoms with E-state index in [1.54, 1.807) is 36.4 Å². The van der Waals surface area contributed by atoms with Gasteiger partial charge in [-0.2, -0.15) is 8.42 Å². The Hall–Kier alpha value is -3.34. The quantitative estimate of drug-likeness (QED) is 0.344. The number of ether oxygens (including phenoxy) is 1. The van der Waals surface area contributed by atoms with E-state index in [0.29, 0.717) is 16.9 Å². The summed E-state index contributed by atoms with van der Waals surface area (Å²) in [5.74, 6) is -1.95. The minimum absolute atomic E-state index is 0.0863. The number of nitrogens with two attached hydrogens (primary N) is 1. The van der Waals surface area contributed by atoms with Gasteiger partial charge in [0.2, 0.25) is 5.72 Å². The van der Waals surface area contributed by atoms with Crippen molar-refractivity contribution >= 4 is 16.0 Å². The van der Waals surface area contributed by atoms with Crippen molar-refractivity contribution in [3.05, 3.63) is 101 Å². The van der Waals surface area contributed by atoms with Crippen molar-refractivity contribution in [1.82, 2.24) is 5.32 Å². The number of nitrogens with one attached hydrogen (secondary N) is 1. The molecule has 3 rings (SSSR count). The molecule has 0 aliphatic heterocycles. The van der Waals surface area contributed by atoms with E-state index in [9.17, 15) is 22.0 Å². The lowest BCUT2D eigenvalue weighted by Gasteiger charge is -2.31. The minimum Gasteiger partial charge on any atom is -0.489 e. The zero-order valence-electron chi connectivity index (χ0n) is 17.6. The van der Waals surface area contributed by atoms with Gasteiger partial charge in [0.15, 0.2) is 0 Å². The van der Waals surface area contributed by atoms with Gasteiger partial charge in [-0.15, -0.1) is 0 Å². The Morgan fingerprint density at radius 2 is 1.70 bits per heavy atom. The average Bonchev–Trinajstić information content (AvgIpc) is 2.75. The van der Waals surface area contributed by atoms with Gasteiger partial charge in [-0.05, 0) is 41.5 Å². The molecule has 3 aromatic carbocycles. The number of halogens is 2. The molecule has 3 N–H and O–H groups in total. The minimum atomic E-state index is -4.22. The van der Waals surface area contributed by atoms with Gasteiger partial charge in [-0.1, -0.05) is 42.5 Å². The molecule has 0 spiro atoms. The van der Waals surface area contributed by atoms with Gasteiger partial charge < -0.3 is 10.5 Å². The van der Waals surface area contributed by atoms with Crippen LogP contribution in [0.1, 0.15) is 16.7 Å². The molecule has 0 saturated carbocycles. The molecule has 0 aliphatic carbocycles. The lowest BCUT2D eigenvalue weighted by Crippen LogP contribution is -2.55. The van der Waals surface area contributed by atoms with E-state index >= 15 is 0 Å². The highest BCUT2D eigenvalue weighted by atomic mass is 32.2. The van der Waals surface area contributed by atoms with E-state index in [-0.39, 0.29) is 24.5 Å². The summed E-state index contributed by atoms with van der Waals surface area (Å²) in [5.41, 5.74) is 3.92. The van der Waals surface area contributed by atoms with Crippen LogP contribution in [0.15, 0.2) is 72.8 Å². The summed E-state index contributed by atoms with van der Waals surface area (Å²) in [6.45, 7) is 0.0760. The van der Waals surface area contributed by atoms with E-state index in [1.807, 2.05) is 0 Å². The van der Waals surface area contributed by atoms with Crippen LogP contribution in [0.2, 0.25) is 0 Å². The summed E-state index contributed by atoms with van der Waals surface area (Å²) in [6, 6.07) is 17.7. The Bertz CT molecular complexity index is 1240. The van der Waals surface area contributed by atoms with Crippen molar-refractivity contribution in [2.45, 2.75) is 18.9 Å². The van der Waals surface area contributed by atoms with Crippen LogP contribution in [0.4, 0.5) is 8.78 Å². The Labute approximate surface area is 190 Å². The number of hydrogen-bond donors (Lipinski definition) is 2. The van der Waals surface area contributed by atoms with Crippen LogP contribution in [0, 0.1) is 11.6 Å². The van der Waals surface area contributed by atoms with Gasteiger partial charge >= 0.3 is 0 Å². The van der Waals surface area contributed by atoms with Crippen LogP contribution in [-0.4, -0.2) is 20.6 Å². The number of carbonyl (C=O) groups excluding carboxylic acids is 1. The van der Waals surface area contributed by atoms with Crippen molar-refractivity contribution in [2.24, 2.45) is 5.73 Å². The van der Waals surface area contributed by atoms with Crippen LogP contribution in [0.5, 0.6) is 5.75 Å². The van der Waals surface area contributed by atoms with Gasteiger partial charge in [0.1, 0.15) is 24.0 Å². The zero-order valence-corrected chi connectivity index (χ0v) is 18.4. The van der Waals surface area contributed by atoms with Crippen molar-refractivity contribution in [1.29, 1.82) is 0 Å². The molecular weight excluding hydrogens is 454 g/mol. The highest BCUT2D eigenvalue weighted by Gasteiger charge is 2.45. The Morgan fingerprint density at radius 1 is 1.00 bits per heavy atom. The average molecular weight is 477 g/mol. The smallest absolute Gasteiger partial charge is 0.271 e. The standard InChI is InChI=1S/C23H22F2N2O5S/c1-33(29,30)32-23(22(26)28,20-7-2-3-8-21(20)25)27-14-16-9-11-19(12-10-16)31-15-17-5-4-6-18(24)13-17/h2-13,27H,14-15H2,1H3,(H2,26,28). The summed E-state index contributed by atoms with van der Waals surface area (Å²) in [6.07, 6.45) is 0.734. The van der Waals surface area contributed by atoms with Crippen molar-refractivity contribution in [3.8, 4) is 5.75 Å². The number of primary amides is 1. The lowest BCUT2D eigenvalue weighted by atomic mass is 10.0. The molecule has 0 bridgehead atoms. The largest absolute Gasteiger partial charge is 0.489 e. The monoisotopic (exact) mass is 476 g/mol. The summed E-state index contributed by atoms with van der Waals surface area (Å²) in [4.78, 5) is 12.3. The third-order valence-corrected chi connectivity index (χ3v) is 5.19. The third-order valence-electron chi connectivity index (χ3n) is 4.64. The van der Waals surface area contributed by atoms with Gasteiger partial charge in [0.05, 0.1) is 6.26 Å². The molecule has 7 nitrogen and oxygen atoms in total. The first kappa shape index (κ1) is 24.3. The molecule has 10 heteroatoms. The zero-order chi connectivity index (χ0) is 24.1. The van der Waals surface area contributed by atoms with Crippen LogP contribution in [0.3, 0.4) is 0 Å². The molecule has 1 atom stereocenters. The SMILES string of the molecule is CS(=O)(=O)OC(NCc1ccc(OCc2cccc(F)c2)cc1)(C(N)=O)c1ccccc1F. The van der Waals surface area contributed by atoms with Gasteiger partial charge in [0.25, 0.3) is 16.0 Å². The Kier molecular flexibility index (Phi) is 7.42. The normalized spacial score (nSPS) is 13.3. The van der Waals surface area contributed by atoms with Gasteiger partial charge in [-0.3, -0.25) is 10.1 Å². The summed E-state index contributed by atoms with van der Waals surface area (Å²) >= 11 is 0. The molecule has 0 aromatic heterocycles. The number of amides is 1. The lowest BCUT2D eigenvalue weighted by molar-refractivity contribution is -0.137. The maximum absolute atomic E-state index is 14.5. The molecule has 0 heterocycles. The highest BCUT2D eigenvalue weighted by Crippen LogP contribution is 2.28. The molecule has 0 radical (unpaired) electrons. The van der Waals surface area contributed by atoms with E-state index in [4.69, 9.17) is 14.7 Å². The number of carbonyl (C=O) groups is 1. The van der Waals surface area contributed by atoms with E-state index < -0.39 is 27.6 Å². The van der Waals surface area contributed by atoms with Crippen molar-refractivity contribution in [3.63, 3.8) is 0 Å². The van der Waals surface area contributed by atoms with Crippen LogP contribution >= 0.6 is 0 Å². The molecule has 0 saturated heterocycles. The van der Waals surface area contributed by atoms with Crippen LogP contribution < -0.4 is 15.8 Å². The fraction of sp³-hybridized carbons (Fsp3) is 0.174. The van der Waals surface area contributed by atoms with Crippen molar-refractivity contribution in [2.75, 3.05) is 6.26 Å². The summed E-state index contributed by atoms with van der Waals surface area (Å²) in [7, 11) is -4.22. The maximum atomic E-state index is 14.5. The molecular formula is C23H22F2N2O5S. The predicted octanol–water partition coefficient (Wildman–Crippen LogP) is 2.95. The second kappa shape index (κ2) is 10.1. The Balaban J connectivity index is 1.77.